The molecule has 0 radical (unpaired) electrons. The molecule has 2 aliphatic rings. The Bertz CT molecular complexity index is 1450. The Morgan fingerprint density at radius 1 is 0.884 bits per heavy atom. The van der Waals surface area contributed by atoms with Crippen LogP contribution in [0.2, 0.25) is 0 Å². The number of hydrogen-bond donors (Lipinski definition) is 0. The summed E-state index contributed by atoms with van der Waals surface area (Å²) in [5.41, 5.74) is 1.93. The number of benzene rings is 2. The van der Waals surface area contributed by atoms with E-state index in [9.17, 15) is 19.2 Å². The van der Waals surface area contributed by atoms with Gasteiger partial charge >= 0.3 is 5.97 Å². The highest BCUT2D eigenvalue weighted by molar-refractivity contribution is 6.12. The molecule has 2 amide bonds. The Morgan fingerprint density at radius 3 is 2.26 bits per heavy atom. The maximum Gasteiger partial charge on any atom is 0.306 e. The van der Waals surface area contributed by atoms with Crippen LogP contribution in [0.3, 0.4) is 0 Å². The van der Waals surface area contributed by atoms with Gasteiger partial charge in [0, 0.05) is 41.7 Å². The lowest BCUT2D eigenvalue weighted by Crippen LogP contribution is -2.40. The second-order valence-electron chi connectivity index (χ2n) is 11.6. The van der Waals surface area contributed by atoms with Crippen molar-refractivity contribution in [3.63, 3.8) is 0 Å². The highest BCUT2D eigenvalue weighted by atomic mass is 16.5. The summed E-state index contributed by atoms with van der Waals surface area (Å²) in [6, 6.07) is 15.5. The molecular formula is C35H39NO7. The number of carbonyl (C=O) groups is 4. The summed E-state index contributed by atoms with van der Waals surface area (Å²) in [6.07, 6.45) is 3.36. The van der Waals surface area contributed by atoms with Crippen LogP contribution < -0.4 is 0 Å². The molecular weight excluding hydrogens is 546 g/mol. The quantitative estimate of drug-likeness (QED) is 0.177. The van der Waals surface area contributed by atoms with E-state index in [2.05, 4.69) is 11.8 Å². The molecule has 2 aromatic rings. The Kier molecular flexibility index (Phi) is 10.3. The van der Waals surface area contributed by atoms with E-state index in [0.717, 1.165) is 27.2 Å². The maximum atomic E-state index is 13.2. The van der Waals surface area contributed by atoms with Crippen molar-refractivity contribution in [1.82, 2.24) is 4.90 Å². The van der Waals surface area contributed by atoms with Gasteiger partial charge in [0.15, 0.2) is 5.78 Å². The number of rotatable bonds is 14. The minimum absolute atomic E-state index is 0.000245. The van der Waals surface area contributed by atoms with Crippen LogP contribution in [0.25, 0.3) is 0 Å². The van der Waals surface area contributed by atoms with Gasteiger partial charge in [0.1, 0.15) is 11.7 Å². The number of ether oxygens (including phenoxy) is 3. The van der Waals surface area contributed by atoms with Crippen LogP contribution in [-0.4, -0.2) is 59.4 Å². The molecule has 8 heteroatoms. The summed E-state index contributed by atoms with van der Waals surface area (Å²) in [5, 5.41) is 0. The molecule has 4 rings (SSSR count). The van der Waals surface area contributed by atoms with Crippen molar-refractivity contribution >= 4 is 23.6 Å². The average molecular weight is 586 g/mol. The molecule has 1 aliphatic heterocycles. The van der Waals surface area contributed by atoms with E-state index in [-0.39, 0.29) is 50.2 Å². The normalized spacial score (nSPS) is 17.2. The molecule has 226 valence electrons. The fourth-order valence-electron chi connectivity index (χ4n) is 5.00. The van der Waals surface area contributed by atoms with Gasteiger partial charge in [-0.2, -0.15) is 0 Å². The number of esters is 1. The van der Waals surface area contributed by atoms with E-state index in [1.54, 1.807) is 6.92 Å². The number of amides is 2. The number of hydrogen-bond acceptors (Lipinski definition) is 7. The molecule has 2 atom stereocenters. The van der Waals surface area contributed by atoms with E-state index in [0.29, 0.717) is 19.3 Å². The van der Waals surface area contributed by atoms with Gasteiger partial charge in [-0.15, -0.1) is 0 Å². The topological polar surface area (TPSA) is 99.2 Å². The molecule has 0 saturated carbocycles. The van der Waals surface area contributed by atoms with Gasteiger partial charge in [-0.1, -0.05) is 55.2 Å². The molecule has 0 fully saturated rings. The first-order chi connectivity index (χ1) is 20.5. The molecule has 0 spiro atoms. The number of imide groups is 1. The second kappa shape index (κ2) is 13.9. The zero-order chi connectivity index (χ0) is 31.0. The van der Waals surface area contributed by atoms with Gasteiger partial charge < -0.3 is 14.2 Å². The van der Waals surface area contributed by atoms with E-state index < -0.39 is 23.3 Å². The first kappa shape index (κ1) is 31.9. The lowest BCUT2D eigenvalue weighted by atomic mass is 9.92. The number of nitrogens with zero attached hydrogens (tertiary/aromatic N) is 1. The molecule has 0 bridgehead atoms. The van der Waals surface area contributed by atoms with Crippen molar-refractivity contribution in [2.45, 2.75) is 77.1 Å². The molecule has 2 unspecified atom stereocenters. The van der Waals surface area contributed by atoms with E-state index >= 15 is 0 Å². The minimum Gasteiger partial charge on any atom is -0.457 e. The first-order valence-corrected chi connectivity index (χ1v) is 14.7. The van der Waals surface area contributed by atoms with Crippen LogP contribution in [0.4, 0.5) is 0 Å². The average Bonchev–Trinajstić information content (AvgIpc) is 3.30. The number of carbonyl (C=O) groups excluding carboxylic acids is 4. The van der Waals surface area contributed by atoms with Crippen LogP contribution in [0.15, 0.2) is 60.7 Å². The molecule has 0 saturated heterocycles. The maximum absolute atomic E-state index is 13.2. The Balaban J connectivity index is 1.27. The van der Waals surface area contributed by atoms with E-state index in [1.165, 1.54) is 12.2 Å². The van der Waals surface area contributed by atoms with Gasteiger partial charge in [0.05, 0.1) is 31.8 Å². The number of Topliss-reactive ketones (excluding diaryl/α,β-unsaturated/α-hetero) is 1. The third-order valence-corrected chi connectivity index (χ3v) is 7.99. The Hall–Kier alpha value is -4.06. The minimum atomic E-state index is -1.06. The Labute approximate surface area is 253 Å². The smallest absolute Gasteiger partial charge is 0.306 e. The van der Waals surface area contributed by atoms with Crippen LogP contribution in [0.1, 0.15) is 81.7 Å². The third kappa shape index (κ3) is 8.28. The highest BCUT2D eigenvalue weighted by Crippen LogP contribution is 2.29. The van der Waals surface area contributed by atoms with E-state index in [1.807, 2.05) is 69.3 Å². The van der Waals surface area contributed by atoms with Crippen molar-refractivity contribution in [3.05, 3.63) is 82.9 Å². The third-order valence-electron chi connectivity index (χ3n) is 7.99. The summed E-state index contributed by atoms with van der Waals surface area (Å²) in [5.74, 6) is 5.13. The predicted molar refractivity (Wildman–Crippen MR) is 161 cm³/mol. The summed E-state index contributed by atoms with van der Waals surface area (Å²) < 4.78 is 17.9. The molecule has 1 heterocycles. The standard InChI is InChI=1S/C35H39NO7/c1-5-35(4,42-22-20-34(2,3)41-23-21-36-31(38)17-18-32(36)39)30(37)16-19-33(40)43-29-24-27-12-7-6-10-25(27)14-15-26-11-8-9-13-28(26)29/h6-13,17-18,29H,5,16,19-24H2,1-4H3. The lowest BCUT2D eigenvalue weighted by Gasteiger charge is -2.31. The number of ketones is 1. The highest BCUT2D eigenvalue weighted by Gasteiger charge is 2.34. The van der Waals surface area contributed by atoms with Gasteiger partial charge in [0.25, 0.3) is 11.8 Å². The fraction of sp³-hybridized carbons (Fsp3) is 0.429. The Morgan fingerprint density at radius 2 is 1.53 bits per heavy atom. The van der Waals surface area contributed by atoms with Gasteiger partial charge in [-0.05, 0) is 51.3 Å². The molecule has 1 aliphatic carbocycles. The van der Waals surface area contributed by atoms with Crippen LogP contribution >= 0.6 is 0 Å². The van der Waals surface area contributed by atoms with Crippen LogP contribution in [0, 0.1) is 11.8 Å². The van der Waals surface area contributed by atoms with Gasteiger partial charge in [-0.3, -0.25) is 24.1 Å². The monoisotopic (exact) mass is 585 g/mol. The zero-order valence-corrected chi connectivity index (χ0v) is 25.3. The van der Waals surface area contributed by atoms with Crippen molar-refractivity contribution in [3.8, 4) is 11.8 Å². The molecule has 0 aromatic heterocycles. The summed E-state index contributed by atoms with van der Waals surface area (Å²) in [4.78, 5) is 50.8. The van der Waals surface area contributed by atoms with Crippen molar-refractivity contribution < 1.29 is 33.4 Å². The molecule has 8 nitrogen and oxygen atoms in total. The zero-order valence-electron chi connectivity index (χ0n) is 25.3. The van der Waals surface area contributed by atoms with Gasteiger partial charge in [-0.25, -0.2) is 0 Å². The largest absolute Gasteiger partial charge is 0.457 e. The van der Waals surface area contributed by atoms with Crippen molar-refractivity contribution in [1.29, 1.82) is 0 Å². The number of fused-ring (bicyclic) bond motifs is 2. The first-order valence-electron chi connectivity index (χ1n) is 14.7. The fourth-order valence-corrected chi connectivity index (χ4v) is 5.00. The molecule has 2 aromatic carbocycles. The lowest BCUT2D eigenvalue weighted by molar-refractivity contribution is -0.154. The van der Waals surface area contributed by atoms with Gasteiger partial charge in [0.2, 0.25) is 0 Å². The summed E-state index contributed by atoms with van der Waals surface area (Å²) in [7, 11) is 0. The predicted octanol–water partition coefficient (Wildman–Crippen LogP) is 4.87. The summed E-state index contributed by atoms with van der Waals surface area (Å²) >= 11 is 0. The molecule has 43 heavy (non-hydrogen) atoms. The van der Waals surface area contributed by atoms with Crippen molar-refractivity contribution in [2.75, 3.05) is 19.8 Å². The summed E-state index contributed by atoms with van der Waals surface area (Å²) in [6.45, 7) is 8.02. The van der Waals surface area contributed by atoms with Crippen LogP contribution in [0.5, 0.6) is 0 Å². The SMILES string of the molecule is CCC(C)(OCCC(C)(C)OCCN1C(=O)C=CC1=O)C(=O)CCC(=O)OC1Cc2ccccc2C#Cc2ccccc21. The van der Waals surface area contributed by atoms with Crippen LogP contribution in [-0.2, 0) is 39.8 Å². The second-order valence-corrected chi connectivity index (χ2v) is 11.6. The van der Waals surface area contributed by atoms with E-state index in [4.69, 9.17) is 14.2 Å². The molecule has 0 N–H and O–H groups in total. The van der Waals surface area contributed by atoms with Crippen molar-refractivity contribution in [2.24, 2.45) is 0 Å².